The molecule has 0 saturated carbocycles. The summed E-state index contributed by atoms with van der Waals surface area (Å²) < 4.78 is 0. The van der Waals surface area contributed by atoms with Gasteiger partial charge in [0.1, 0.15) is 0 Å². The first kappa shape index (κ1) is 12.4. The van der Waals surface area contributed by atoms with E-state index in [-0.39, 0.29) is 12.5 Å². The maximum atomic E-state index is 11.3. The van der Waals surface area contributed by atoms with Crippen molar-refractivity contribution in [1.29, 1.82) is 0 Å². The summed E-state index contributed by atoms with van der Waals surface area (Å²) in [7, 11) is 3.50. The van der Waals surface area contributed by atoms with E-state index in [1.54, 1.807) is 19.0 Å². The van der Waals surface area contributed by atoms with Crippen molar-refractivity contribution in [3.63, 3.8) is 0 Å². The van der Waals surface area contributed by atoms with E-state index in [0.29, 0.717) is 6.54 Å². The van der Waals surface area contributed by atoms with Gasteiger partial charge in [-0.2, -0.15) is 0 Å². The quantitative estimate of drug-likeness (QED) is 0.626. The fourth-order valence-electron chi connectivity index (χ4n) is 0.976. The van der Waals surface area contributed by atoms with Crippen molar-refractivity contribution in [1.82, 2.24) is 9.80 Å². The van der Waals surface area contributed by atoms with Crippen molar-refractivity contribution >= 4 is 5.91 Å². The Labute approximate surface area is 80.1 Å². The third kappa shape index (κ3) is 5.60. The van der Waals surface area contributed by atoms with Gasteiger partial charge < -0.3 is 10.0 Å². The summed E-state index contributed by atoms with van der Waals surface area (Å²) in [5, 5.41) is 8.63. The Hall–Kier alpha value is -0.610. The zero-order chi connectivity index (χ0) is 10.3. The molecule has 0 aromatic rings. The Bertz CT molecular complexity index is 149. The van der Waals surface area contributed by atoms with Gasteiger partial charge in [-0.25, -0.2) is 0 Å². The number of hydrogen-bond donors (Lipinski definition) is 1. The van der Waals surface area contributed by atoms with Gasteiger partial charge in [0.2, 0.25) is 5.91 Å². The number of likely N-dealkylation sites (N-methyl/N-ethyl adjacent to an activating group) is 2. The molecular weight excluding hydrogens is 168 g/mol. The molecule has 0 fully saturated rings. The van der Waals surface area contributed by atoms with Gasteiger partial charge >= 0.3 is 0 Å². The number of hydrogen-bond acceptors (Lipinski definition) is 3. The SMILES string of the molecule is CCN(CCCO)CC(=O)N(C)C. The fourth-order valence-corrected chi connectivity index (χ4v) is 0.976. The van der Waals surface area contributed by atoms with E-state index in [1.165, 1.54) is 0 Å². The third-order valence-corrected chi connectivity index (χ3v) is 1.94. The maximum Gasteiger partial charge on any atom is 0.236 e. The largest absolute Gasteiger partial charge is 0.396 e. The molecule has 78 valence electrons. The van der Waals surface area contributed by atoms with Gasteiger partial charge in [-0.1, -0.05) is 6.92 Å². The molecule has 0 bridgehead atoms. The fraction of sp³-hybridized carbons (Fsp3) is 0.889. The minimum Gasteiger partial charge on any atom is -0.396 e. The highest BCUT2D eigenvalue weighted by Crippen LogP contribution is 1.92. The summed E-state index contributed by atoms with van der Waals surface area (Å²) in [4.78, 5) is 14.9. The number of aliphatic hydroxyl groups is 1. The van der Waals surface area contributed by atoms with E-state index < -0.39 is 0 Å². The lowest BCUT2D eigenvalue weighted by Crippen LogP contribution is -2.37. The van der Waals surface area contributed by atoms with E-state index in [1.807, 2.05) is 11.8 Å². The second-order valence-corrected chi connectivity index (χ2v) is 3.23. The van der Waals surface area contributed by atoms with Gasteiger partial charge in [0, 0.05) is 27.2 Å². The number of aliphatic hydroxyl groups excluding tert-OH is 1. The lowest BCUT2D eigenvalue weighted by Gasteiger charge is -2.21. The van der Waals surface area contributed by atoms with Crippen LogP contribution in [0.15, 0.2) is 0 Å². The molecule has 4 heteroatoms. The van der Waals surface area contributed by atoms with Crippen molar-refractivity contribution in [2.24, 2.45) is 0 Å². The molecule has 0 aliphatic heterocycles. The Morgan fingerprint density at radius 3 is 2.38 bits per heavy atom. The molecule has 0 unspecified atom stereocenters. The lowest BCUT2D eigenvalue weighted by atomic mass is 10.3. The van der Waals surface area contributed by atoms with Crippen molar-refractivity contribution in [3.8, 4) is 0 Å². The first-order valence-electron chi connectivity index (χ1n) is 4.65. The van der Waals surface area contributed by atoms with E-state index >= 15 is 0 Å². The van der Waals surface area contributed by atoms with E-state index in [4.69, 9.17) is 5.11 Å². The molecule has 0 atom stereocenters. The molecule has 0 aromatic carbocycles. The van der Waals surface area contributed by atoms with Crippen molar-refractivity contribution in [3.05, 3.63) is 0 Å². The first-order valence-corrected chi connectivity index (χ1v) is 4.65. The van der Waals surface area contributed by atoms with Gasteiger partial charge in [-0.15, -0.1) is 0 Å². The number of carbonyl (C=O) groups excluding carboxylic acids is 1. The summed E-state index contributed by atoms with van der Waals surface area (Å²) in [6, 6.07) is 0. The molecule has 0 aromatic heterocycles. The molecule has 1 N–H and O–H groups in total. The van der Waals surface area contributed by atoms with Gasteiger partial charge in [-0.3, -0.25) is 9.69 Å². The molecule has 0 rings (SSSR count). The molecule has 0 radical (unpaired) electrons. The molecule has 0 heterocycles. The van der Waals surface area contributed by atoms with Crippen LogP contribution in [0, 0.1) is 0 Å². The summed E-state index contributed by atoms with van der Waals surface area (Å²) in [6.07, 6.45) is 0.731. The van der Waals surface area contributed by atoms with E-state index in [0.717, 1.165) is 19.5 Å². The second-order valence-electron chi connectivity index (χ2n) is 3.23. The van der Waals surface area contributed by atoms with Crippen molar-refractivity contribution < 1.29 is 9.90 Å². The summed E-state index contributed by atoms with van der Waals surface area (Å²) >= 11 is 0. The topological polar surface area (TPSA) is 43.8 Å². The van der Waals surface area contributed by atoms with Crippen molar-refractivity contribution in [2.45, 2.75) is 13.3 Å². The number of nitrogens with zero attached hydrogens (tertiary/aromatic N) is 2. The highest BCUT2D eigenvalue weighted by Gasteiger charge is 2.09. The summed E-state index contributed by atoms with van der Waals surface area (Å²) in [5.74, 6) is 0.111. The van der Waals surface area contributed by atoms with Crippen LogP contribution in [0.3, 0.4) is 0 Å². The zero-order valence-electron chi connectivity index (χ0n) is 8.79. The van der Waals surface area contributed by atoms with Crippen LogP contribution in [0.5, 0.6) is 0 Å². The van der Waals surface area contributed by atoms with Crippen LogP contribution in [0.2, 0.25) is 0 Å². The van der Waals surface area contributed by atoms with Crippen LogP contribution in [-0.2, 0) is 4.79 Å². The average Bonchev–Trinajstić information content (AvgIpc) is 2.11. The number of rotatable bonds is 6. The maximum absolute atomic E-state index is 11.3. The number of amides is 1. The van der Waals surface area contributed by atoms with Crippen LogP contribution in [0.1, 0.15) is 13.3 Å². The number of carbonyl (C=O) groups is 1. The molecule has 0 spiro atoms. The smallest absolute Gasteiger partial charge is 0.236 e. The van der Waals surface area contributed by atoms with Crippen LogP contribution >= 0.6 is 0 Å². The minimum absolute atomic E-state index is 0.111. The summed E-state index contributed by atoms with van der Waals surface area (Å²) in [6.45, 7) is 4.28. The predicted molar refractivity (Wildman–Crippen MR) is 52.5 cm³/mol. The van der Waals surface area contributed by atoms with Crippen LogP contribution in [-0.4, -0.2) is 61.2 Å². The highest BCUT2D eigenvalue weighted by atomic mass is 16.3. The van der Waals surface area contributed by atoms with Crippen LogP contribution in [0.4, 0.5) is 0 Å². The van der Waals surface area contributed by atoms with Gasteiger partial charge in [0.15, 0.2) is 0 Å². The Morgan fingerprint density at radius 1 is 1.38 bits per heavy atom. The minimum atomic E-state index is 0.111. The highest BCUT2D eigenvalue weighted by molar-refractivity contribution is 5.77. The normalized spacial score (nSPS) is 10.5. The first-order chi connectivity index (χ1) is 6.11. The molecule has 0 saturated heterocycles. The van der Waals surface area contributed by atoms with Gasteiger partial charge in [0.05, 0.1) is 6.54 Å². The molecule has 4 nitrogen and oxygen atoms in total. The van der Waals surface area contributed by atoms with E-state index in [2.05, 4.69) is 0 Å². The van der Waals surface area contributed by atoms with Crippen molar-refractivity contribution in [2.75, 3.05) is 40.3 Å². The van der Waals surface area contributed by atoms with Crippen LogP contribution < -0.4 is 0 Å². The molecule has 0 aliphatic carbocycles. The third-order valence-electron chi connectivity index (χ3n) is 1.94. The predicted octanol–water partition coefficient (Wildman–Crippen LogP) is -0.221. The molecule has 13 heavy (non-hydrogen) atoms. The standard InChI is InChI=1S/C9H20N2O2/c1-4-11(6-5-7-12)8-9(13)10(2)3/h12H,4-8H2,1-3H3. The second kappa shape index (κ2) is 6.86. The van der Waals surface area contributed by atoms with Crippen LogP contribution in [0.25, 0.3) is 0 Å². The molecule has 0 aliphatic rings. The molecule has 1 amide bonds. The van der Waals surface area contributed by atoms with Gasteiger partial charge in [0.25, 0.3) is 0 Å². The van der Waals surface area contributed by atoms with Gasteiger partial charge in [-0.05, 0) is 13.0 Å². The monoisotopic (exact) mass is 188 g/mol. The molecular formula is C9H20N2O2. The Morgan fingerprint density at radius 2 is 2.00 bits per heavy atom. The Balaban J connectivity index is 3.76. The van der Waals surface area contributed by atoms with E-state index in [9.17, 15) is 4.79 Å². The average molecular weight is 188 g/mol. The Kier molecular flexibility index (Phi) is 6.54. The zero-order valence-corrected chi connectivity index (χ0v) is 8.79. The summed E-state index contributed by atoms with van der Waals surface area (Å²) in [5.41, 5.74) is 0. The lowest BCUT2D eigenvalue weighted by molar-refractivity contribution is -0.129.